The molecule has 0 unspecified atom stereocenters. The Bertz CT molecular complexity index is 194. The van der Waals surface area contributed by atoms with Gasteiger partial charge in [0.25, 0.3) is 0 Å². The molecule has 125 valence electrons. The van der Waals surface area contributed by atoms with E-state index in [2.05, 4.69) is 24.7 Å². The third kappa shape index (κ3) is 19.9. The minimum absolute atomic E-state index is 0.752. The highest BCUT2D eigenvalue weighted by molar-refractivity contribution is 7.78. The Morgan fingerprint density at radius 2 is 0.905 bits per heavy atom. The summed E-state index contributed by atoms with van der Waals surface area (Å²) in [4.78, 5) is 0. The fraction of sp³-hybridized carbons (Fsp3) is 0.947. The minimum Gasteiger partial charge on any atom is -0.480 e. The van der Waals surface area contributed by atoms with Gasteiger partial charge in [0.15, 0.2) is 0 Å². The molecule has 0 bridgehead atoms. The van der Waals surface area contributed by atoms with Crippen LogP contribution in [0.3, 0.4) is 0 Å². The molecule has 0 saturated heterocycles. The normalized spacial score (nSPS) is 10.7. The molecule has 21 heavy (non-hydrogen) atoms. The van der Waals surface area contributed by atoms with Crippen molar-refractivity contribution in [3.05, 3.63) is 0 Å². The van der Waals surface area contributed by atoms with Crippen molar-refractivity contribution in [2.24, 2.45) is 0 Å². The molecule has 0 amide bonds. The lowest BCUT2D eigenvalue weighted by Gasteiger charge is -2.03. The number of hydrogen-bond donors (Lipinski definition) is 0. The zero-order chi connectivity index (χ0) is 15.4. The maximum Gasteiger partial charge on any atom is 0.239 e. The van der Waals surface area contributed by atoms with Crippen LogP contribution in [0.25, 0.3) is 0 Å². The summed E-state index contributed by atoms with van der Waals surface area (Å²) < 4.78 is 4.92. The fourth-order valence-electron chi connectivity index (χ4n) is 2.76. The largest absolute Gasteiger partial charge is 0.480 e. The van der Waals surface area contributed by atoms with Gasteiger partial charge in [-0.3, -0.25) is 0 Å². The van der Waals surface area contributed by atoms with E-state index in [0.29, 0.717) is 0 Å². The van der Waals surface area contributed by atoms with Crippen molar-refractivity contribution in [1.29, 1.82) is 0 Å². The summed E-state index contributed by atoms with van der Waals surface area (Å²) >= 11 is 4.49. The van der Waals surface area contributed by atoms with Gasteiger partial charge in [0, 0.05) is 0 Å². The fourth-order valence-corrected chi connectivity index (χ4v) is 2.85. The zero-order valence-corrected chi connectivity index (χ0v) is 15.2. The first kappa shape index (κ1) is 20.9. The van der Waals surface area contributed by atoms with E-state index in [1.165, 1.54) is 96.3 Å². The van der Waals surface area contributed by atoms with Crippen LogP contribution in [0.5, 0.6) is 0 Å². The van der Waals surface area contributed by atoms with E-state index in [0.717, 1.165) is 13.0 Å². The maximum absolute atomic E-state index is 4.92. The summed E-state index contributed by atoms with van der Waals surface area (Å²) in [5, 5.41) is 0. The molecule has 0 aromatic rings. The van der Waals surface area contributed by atoms with Gasteiger partial charge in [-0.1, -0.05) is 103 Å². The first-order chi connectivity index (χ1) is 10.4. The summed E-state index contributed by atoms with van der Waals surface area (Å²) in [6.45, 7) is 3.04. The molecule has 0 aliphatic heterocycles. The molecule has 1 nitrogen and oxygen atoms in total. The molecule has 0 aliphatic carbocycles. The third-order valence-corrected chi connectivity index (χ3v) is 4.28. The predicted octanol–water partition coefficient (Wildman–Crippen LogP) is 7.10. The smallest absolute Gasteiger partial charge is 0.239 e. The van der Waals surface area contributed by atoms with Gasteiger partial charge in [-0.2, -0.15) is 0 Å². The van der Waals surface area contributed by atoms with Crippen molar-refractivity contribution in [3.63, 3.8) is 0 Å². The van der Waals surface area contributed by atoms with E-state index in [9.17, 15) is 0 Å². The second-order valence-corrected chi connectivity index (χ2v) is 6.40. The van der Waals surface area contributed by atoms with Crippen LogP contribution in [0.4, 0.5) is 0 Å². The quantitative estimate of drug-likeness (QED) is 0.197. The molecule has 0 aliphatic rings. The van der Waals surface area contributed by atoms with Gasteiger partial charge in [0.2, 0.25) is 5.55 Å². The van der Waals surface area contributed by atoms with Crippen LogP contribution in [-0.4, -0.2) is 12.2 Å². The second-order valence-electron chi connectivity index (χ2n) is 6.24. The molecular formula is C19H37OS. The van der Waals surface area contributed by atoms with E-state index in [1.54, 1.807) is 0 Å². The monoisotopic (exact) mass is 313 g/mol. The number of ether oxygens (including phenoxy) is 1. The van der Waals surface area contributed by atoms with Crippen LogP contribution < -0.4 is 0 Å². The molecule has 0 aromatic heterocycles. The lowest BCUT2D eigenvalue weighted by molar-refractivity contribution is 0.312. The molecule has 0 N–H and O–H groups in total. The molecule has 2 heteroatoms. The van der Waals surface area contributed by atoms with Crippen molar-refractivity contribution in [2.75, 3.05) is 6.61 Å². The summed E-state index contributed by atoms with van der Waals surface area (Å²) in [5.41, 5.74) is 2.30. The molecule has 0 spiro atoms. The summed E-state index contributed by atoms with van der Waals surface area (Å²) in [6.07, 6.45) is 22.4. The van der Waals surface area contributed by atoms with E-state index in [-0.39, 0.29) is 0 Å². The Kier molecular flexibility index (Phi) is 19.8. The maximum atomic E-state index is 4.92. The topological polar surface area (TPSA) is 9.23 Å². The minimum atomic E-state index is 0.752. The Morgan fingerprint density at radius 1 is 0.571 bits per heavy atom. The van der Waals surface area contributed by atoms with Crippen LogP contribution in [-0.2, 0) is 4.74 Å². The summed E-state index contributed by atoms with van der Waals surface area (Å²) in [7, 11) is 0. The molecule has 0 aromatic carbocycles. The summed E-state index contributed by atoms with van der Waals surface area (Å²) in [6, 6.07) is 0. The van der Waals surface area contributed by atoms with Crippen molar-refractivity contribution >= 4 is 17.8 Å². The highest BCUT2D eigenvalue weighted by atomic mass is 32.1. The van der Waals surface area contributed by atoms with Crippen LogP contribution in [0.15, 0.2) is 0 Å². The Hall–Kier alpha value is -0.110. The molecule has 0 atom stereocenters. The molecule has 0 heterocycles. The first-order valence-corrected chi connectivity index (χ1v) is 9.81. The van der Waals surface area contributed by atoms with Gasteiger partial charge in [0.05, 0.1) is 6.61 Å². The third-order valence-electron chi connectivity index (χ3n) is 4.16. The van der Waals surface area contributed by atoms with Crippen LogP contribution in [0, 0.1) is 0 Å². The Balaban J connectivity index is 2.91. The standard InChI is InChI=1S/C19H37OS/c1-2-3-4-5-6-7-8-9-10-11-12-13-14-15-16-17-18-20-19-21/h2-18H2,1H3. The highest BCUT2D eigenvalue weighted by Crippen LogP contribution is 2.13. The number of rotatable bonds is 18. The molecule has 1 radical (unpaired) electrons. The van der Waals surface area contributed by atoms with Crippen LogP contribution in [0.2, 0.25) is 0 Å². The van der Waals surface area contributed by atoms with Crippen molar-refractivity contribution in [2.45, 2.75) is 110 Å². The van der Waals surface area contributed by atoms with Gasteiger partial charge in [-0.05, 0) is 18.6 Å². The highest BCUT2D eigenvalue weighted by Gasteiger charge is 1.94. The summed E-state index contributed by atoms with van der Waals surface area (Å²) in [5.74, 6) is 0. The van der Waals surface area contributed by atoms with Gasteiger partial charge in [-0.15, -0.1) is 0 Å². The average Bonchev–Trinajstić information content (AvgIpc) is 2.50. The molecule has 0 rings (SSSR count). The van der Waals surface area contributed by atoms with Crippen LogP contribution >= 0.6 is 12.2 Å². The van der Waals surface area contributed by atoms with Gasteiger partial charge < -0.3 is 4.74 Å². The SMILES string of the molecule is CCCCCCCCCCCCCCCCCCO[C]=S. The van der Waals surface area contributed by atoms with Gasteiger partial charge in [-0.25, -0.2) is 0 Å². The first-order valence-electron chi connectivity index (χ1n) is 9.40. The van der Waals surface area contributed by atoms with Crippen molar-refractivity contribution in [3.8, 4) is 0 Å². The number of unbranched alkanes of at least 4 members (excludes halogenated alkanes) is 15. The average molecular weight is 314 g/mol. The van der Waals surface area contributed by atoms with Gasteiger partial charge in [0.1, 0.15) is 0 Å². The van der Waals surface area contributed by atoms with Crippen molar-refractivity contribution < 1.29 is 4.74 Å². The van der Waals surface area contributed by atoms with Gasteiger partial charge >= 0.3 is 0 Å². The molecule has 0 fully saturated rings. The van der Waals surface area contributed by atoms with E-state index < -0.39 is 0 Å². The Labute approximate surface area is 139 Å². The second kappa shape index (κ2) is 19.9. The predicted molar refractivity (Wildman–Crippen MR) is 98.1 cm³/mol. The van der Waals surface area contributed by atoms with E-state index in [1.807, 2.05) is 0 Å². The lowest BCUT2D eigenvalue weighted by Crippen LogP contribution is -1.90. The Morgan fingerprint density at radius 3 is 1.24 bits per heavy atom. The number of hydrogen-bond acceptors (Lipinski definition) is 2. The zero-order valence-electron chi connectivity index (χ0n) is 14.3. The van der Waals surface area contributed by atoms with Crippen LogP contribution in [0.1, 0.15) is 110 Å². The van der Waals surface area contributed by atoms with E-state index >= 15 is 0 Å². The van der Waals surface area contributed by atoms with Crippen molar-refractivity contribution in [1.82, 2.24) is 0 Å². The number of thiocarbonyl (C=S) groups is 1. The molecule has 0 saturated carbocycles. The lowest BCUT2D eigenvalue weighted by atomic mass is 10.0. The molecular weight excluding hydrogens is 276 g/mol. The van der Waals surface area contributed by atoms with E-state index in [4.69, 9.17) is 4.74 Å².